The molecular weight excluding hydrogens is 262 g/mol. The monoisotopic (exact) mass is 281 g/mol. The van der Waals surface area contributed by atoms with Crippen LogP contribution < -0.4 is 0 Å². The Hall–Kier alpha value is -1.24. The maximum Gasteiger partial charge on any atom is 0.179 e. The lowest BCUT2D eigenvalue weighted by Gasteiger charge is -2.05. The third-order valence-electron chi connectivity index (χ3n) is 2.86. The molecule has 0 saturated heterocycles. The van der Waals surface area contributed by atoms with Crippen LogP contribution in [0.5, 0.6) is 0 Å². The number of aromatic amines is 1. The Morgan fingerprint density at radius 1 is 1.32 bits per heavy atom. The highest BCUT2D eigenvalue weighted by Crippen LogP contribution is 2.12. The van der Waals surface area contributed by atoms with Crippen LogP contribution in [0.4, 0.5) is 0 Å². The fourth-order valence-corrected chi connectivity index (χ4v) is 2.19. The zero-order valence-electron chi connectivity index (χ0n) is 11.3. The highest BCUT2D eigenvalue weighted by Gasteiger charge is 2.05. The van der Waals surface area contributed by atoms with Crippen molar-refractivity contribution in [2.45, 2.75) is 19.9 Å². The molecule has 5 nitrogen and oxygen atoms in total. The number of rotatable bonds is 7. The molecule has 0 radical (unpaired) electrons. The van der Waals surface area contributed by atoms with E-state index in [1.807, 2.05) is 23.6 Å². The van der Waals surface area contributed by atoms with E-state index in [0.717, 1.165) is 29.8 Å². The van der Waals surface area contributed by atoms with Crippen LogP contribution in [0.25, 0.3) is 11.2 Å². The van der Waals surface area contributed by atoms with E-state index in [0.29, 0.717) is 24.6 Å². The second-order valence-corrected chi connectivity index (χ2v) is 4.75. The van der Waals surface area contributed by atoms with Crippen LogP contribution in [-0.4, -0.2) is 41.5 Å². The zero-order valence-corrected chi connectivity index (χ0v) is 12.1. The maximum atomic E-state index is 5.45. The summed E-state index contributed by atoms with van der Waals surface area (Å²) in [4.78, 5) is 7.70. The summed E-state index contributed by atoms with van der Waals surface area (Å²) in [5.41, 5.74) is 2.89. The Bertz CT molecular complexity index is 591. The number of pyridine rings is 1. The van der Waals surface area contributed by atoms with E-state index in [9.17, 15) is 0 Å². The maximum absolute atomic E-state index is 5.45. The summed E-state index contributed by atoms with van der Waals surface area (Å²) in [6.45, 7) is 4.75. The zero-order chi connectivity index (χ0) is 13.7. The van der Waals surface area contributed by atoms with E-state index in [1.165, 1.54) is 0 Å². The smallest absolute Gasteiger partial charge is 0.179 e. The molecule has 6 heteroatoms. The first-order chi connectivity index (χ1) is 9.22. The minimum atomic E-state index is 0.632. The third kappa shape index (κ3) is 3.62. The second-order valence-electron chi connectivity index (χ2n) is 4.36. The minimum absolute atomic E-state index is 0.632. The van der Waals surface area contributed by atoms with Gasteiger partial charge in [-0.15, -0.1) is 0 Å². The van der Waals surface area contributed by atoms with Gasteiger partial charge in [0.25, 0.3) is 0 Å². The van der Waals surface area contributed by atoms with Crippen molar-refractivity contribution in [3.8, 4) is 0 Å². The number of aryl methyl sites for hydroxylation is 2. The molecule has 1 N–H and O–H groups in total. The van der Waals surface area contributed by atoms with E-state index in [4.69, 9.17) is 21.7 Å². The van der Waals surface area contributed by atoms with Crippen molar-refractivity contribution in [2.24, 2.45) is 0 Å². The van der Waals surface area contributed by atoms with Crippen LogP contribution in [0.2, 0.25) is 0 Å². The van der Waals surface area contributed by atoms with E-state index < -0.39 is 0 Å². The van der Waals surface area contributed by atoms with Crippen molar-refractivity contribution in [3.63, 3.8) is 0 Å². The quantitative estimate of drug-likeness (QED) is 0.625. The second kappa shape index (κ2) is 6.79. The van der Waals surface area contributed by atoms with Crippen LogP contribution in [0.1, 0.15) is 12.1 Å². The van der Waals surface area contributed by atoms with Crippen LogP contribution in [0.3, 0.4) is 0 Å². The average molecular weight is 281 g/mol. The number of methoxy groups -OCH3 is 1. The Morgan fingerprint density at radius 3 is 2.95 bits per heavy atom. The molecule has 0 aliphatic heterocycles. The number of nitrogens with zero attached hydrogens (tertiary/aromatic N) is 2. The molecule has 0 unspecified atom stereocenters. The Labute approximate surface area is 117 Å². The van der Waals surface area contributed by atoms with Gasteiger partial charge < -0.3 is 19.0 Å². The standard InChI is InChI=1S/C13H19N3O2S/c1-10-4-5-11-12(14-10)16(13(19)15-11)6-3-7-18-9-8-17-2/h4-5H,3,6-9H2,1-2H3,(H,15,19). The Morgan fingerprint density at radius 2 is 2.16 bits per heavy atom. The number of aromatic nitrogens is 3. The topological polar surface area (TPSA) is 52.1 Å². The van der Waals surface area contributed by atoms with Crippen LogP contribution in [0, 0.1) is 11.7 Å². The lowest BCUT2D eigenvalue weighted by molar-refractivity contribution is 0.0681. The van der Waals surface area contributed by atoms with Gasteiger partial charge in [0.15, 0.2) is 10.4 Å². The molecule has 0 bridgehead atoms. The van der Waals surface area contributed by atoms with Crippen molar-refractivity contribution < 1.29 is 9.47 Å². The first-order valence-electron chi connectivity index (χ1n) is 6.35. The van der Waals surface area contributed by atoms with Crippen LogP contribution in [-0.2, 0) is 16.0 Å². The molecule has 0 aliphatic rings. The van der Waals surface area contributed by atoms with Gasteiger partial charge in [-0.25, -0.2) is 4.98 Å². The molecule has 0 aliphatic carbocycles. The summed E-state index contributed by atoms with van der Waals surface area (Å²) >= 11 is 5.32. The lowest BCUT2D eigenvalue weighted by atomic mass is 10.3. The number of ether oxygens (including phenoxy) is 2. The van der Waals surface area contributed by atoms with E-state index in [2.05, 4.69) is 9.97 Å². The molecule has 0 atom stereocenters. The molecule has 19 heavy (non-hydrogen) atoms. The third-order valence-corrected chi connectivity index (χ3v) is 3.18. The molecule has 0 aromatic carbocycles. The first kappa shape index (κ1) is 14.2. The van der Waals surface area contributed by atoms with Crippen molar-refractivity contribution >= 4 is 23.4 Å². The lowest BCUT2D eigenvalue weighted by Crippen LogP contribution is -2.07. The molecule has 2 aromatic heterocycles. The fourth-order valence-electron chi connectivity index (χ4n) is 1.90. The van der Waals surface area contributed by atoms with Gasteiger partial charge in [-0.1, -0.05) is 0 Å². The molecular formula is C13H19N3O2S. The number of nitrogens with one attached hydrogen (secondary N) is 1. The molecule has 0 spiro atoms. The van der Waals surface area contributed by atoms with Crippen LogP contribution in [0.15, 0.2) is 12.1 Å². The number of fused-ring (bicyclic) bond motifs is 1. The molecule has 2 heterocycles. The Kier molecular flexibility index (Phi) is 5.07. The summed E-state index contributed by atoms with van der Waals surface area (Å²) in [6.07, 6.45) is 0.903. The first-order valence-corrected chi connectivity index (χ1v) is 6.76. The predicted octanol–water partition coefficient (Wildman–Crippen LogP) is 2.46. The van der Waals surface area contributed by atoms with Gasteiger partial charge in [0.1, 0.15) is 0 Å². The normalized spacial score (nSPS) is 11.3. The molecule has 104 valence electrons. The summed E-state index contributed by atoms with van der Waals surface area (Å²) in [5, 5.41) is 0. The fraction of sp³-hybridized carbons (Fsp3) is 0.538. The summed E-state index contributed by atoms with van der Waals surface area (Å²) in [5.74, 6) is 0. The number of H-pyrrole nitrogens is 1. The molecule has 2 rings (SSSR count). The van der Waals surface area contributed by atoms with Crippen molar-refractivity contribution in [3.05, 3.63) is 22.6 Å². The number of imidazole rings is 1. The highest BCUT2D eigenvalue weighted by atomic mass is 32.1. The van der Waals surface area contributed by atoms with Gasteiger partial charge >= 0.3 is 0 Å². The molecule has 0 fully saturated rings. The van der Waals surface area contributed by atoms with E-state index >= 15 is 0 Å². The average Bonchev–Trinajstić information content (AvgIpc) is 2.69. The minimum Gasteiger partial charge on any atom is -0.382 e. The van der Waals surface area contributed by atoms with Gasteiger partial charge in [0, 0.05) is 26.0 Å². The molecule has 2 aromatic rings. The number of hydrogen-bond donors (Lipinski definition) is 1. The van der Waals surface area contributed by atoms with Crippen molar-refractivity contribution in [2.75, 3.05) is 26.9 Å². The van der Waals surface area contributed by atoms with Gasteiger partial charge in [0.2, 0.25) is 0 Å². The summed E-state index contributed by atoms with van der Waals surface area (Å²) in [6, 6.07) is 3.99. The van der Waals surface area contributed by atoms with Crippen molar-refractivity contribution in [1.29, 1.82) is 0 Å². The predicted molar refractivity (Wildman–Crippen MR) is 77.0 cm³/mol. The van der Waals surface area contributed by atoms with Crippen LogP contribution >= 0.6 is 12.2 Å². The summed E-state index contributed by atoms with van der Waals surface area (Å²) in [7, 11) is 1.67. The summed E-state index contributed by atoms with van der Waals surface area (Å²) < 4.78 is 13.1. The van der Waals surface area contributed by atoms with Gasteiger partial charge in [0.05, 0.1) is 18.7 Å². The van der Waals surface area contributed by atoms with E-state index in [1.54, 1.807) is 7.11 Å². The van der Waals surface area contributed by atoms with Crippen molar-refractivity contribution in [1.82, 2.24) is 14.5 Å². The van der Waals surface area contributed by atoms with Gasteiger partial charge in [-0.05, 0) is 37.7 Å². The SMILES string of the molecule is COCCOCCCn1c(=S)[nH]c2ccc(C)nc21. The highest BCUT2D eigenvalue weighted by molar-refractivity contribution is 7.71. The van der Waals surface area contributed by atoms with Gasteiger partial charge in [-0.3, -0.25) is 0 Å². The van der Waals surface area contributed by atoms with Gasteiger partial charge in [-0.2, -0.15) is 0 Å². The molecule has 0 amide bonds. The molecule has 0 saturated carbocycles. The Balaban J connectivity index is 1.98. The largest absolute Gasteiger partial charge is 0.382 e. The number of hydrogen-bond acceptors (Lipinski definition) is 4. The van der Waals surface area contributed by atoms with E-state index in [-0.39, 0.29) is 0 Å².